The third-order valence-corrected chi connectivity index (χ3v) is 3.04. The van der Waals surface area contributed by atoms with E-state index in [1.807, 2.05) is 6.07 Å². The van der Waals surface area contributed by atoms with Crippen LogP contribution in [0.1, 0.15) is 18.2 Å². The third-order valence-electron chi connectivity index (χ3n) is 2.71. The predicted molar refractivity (Wildman–Crippen MR) is 63.4 cm³/mol. The van der Waals surface area contributed by atoms with Gasteiger partial charge >= 0.3 is 0 Å². The van der Waals surface area contributed by atoms with Crippen molar-refractivity contribution in [2.24, 2.45) is 0 Å². The first kappa shape index (κ1) is 10.7. The zero-order valence-electron chi connectivity index (χ0n) is 9.42. The molecule has 1 aromatic rings. The Morgan fingerprint density at radius 1 is 1.47 bits per heavy atom. The van der Waals surface area contributed by atoms with Gasteiger partial charge in [0.15, 0.2) is 0 Å². The Labute approximate surface area is 95.7 Å². The van der Waals surface area contributed by atoms with Gasteiger partial charge < -0.3 is 4.90 Å². The van der Waals surface area contributed by atoms with E-state index in [4.69, 9.17) is 11.6 Å². The molecule has 0 amide bonds. The highest BCUT2D eigenvalue weighted by atomic mass is 35.5. The molecule has 0 atom stereocenters. The first-order valence-corrected chi connectivity index (χ1v) is 5.57. The van der Waals surface area contributed by atoms with Crippen LogP contribution in [0, 0.1) is 0 Å². The number of aryl methyl sites for hydroxylation is 1. The summed E-state index contributed by atoms with van der Waals surface area (Å²) in [6, 6.07) is 1.98. The van der Waals surface area contributed by atoms with E-state index in [1.165, 1.54) is 0 Å². The molecule has 15 heavy (non-hydrogen) atoms. The number of rotatable bonds is 1. The maximum Gasteiger partial charge on any atom is 0.135 e. The van der Waals surface area contributed by atoms with Gasteiger partial charge in [0.2, 0.25) is 0 Å². The monoisotopic (exact) mass is 225 g/mol. The second-order valence-corrected chi connectivity index (χ2v) is 4.51. The van der Waals surface area contributed by atoms with Gasteiger partial charge in [0, 0.05) is 24.8 Å². The second kappa shape index (κ2) is 3.99. The predicted octanol–water partition coefficient (Wildman–Crippen LogP) is 2.14. The van der Waals surface area contributed by atoms with Crippen LogP contribution in [0.25, 0.3) is 0 Å². The van der Waals surface area contributed by atoms with Crippen LogP contribution in [-0.2, 0) is 13.0 Å². The highest BCUT2D eigenvalue weighted by Crippen LogP contribution is 2.30. The van der Waals surface area contributed by atoms with E-state index < -0.39 is 0 Å². The van der Waals surface area contributed by atoms with Gasteiger partial charge in [0.25, 0.3) is 0 Å². The van der Waals surface area contributed by atoms with Crippen LogP contribution in [0.3, 0.4) is 0 Å². The fourth-order valence-electron chi connectivity index (χ4n) is 1.97. The van der Waals surface area contributed by atoms with Crippen molar-refractivity contribution in [1.82, 2.24) is 9.88 Å². The first-order valence-electron chi connectivity index (χ1n) is 5.19. The summed E-state index contributed by atoms with van der Waals surface area (Å²) >= 11 is 6.26. The van der Waals surface area contributed by atoms with Crippen LogP contribution in [0.2, 0.25) is 5.02 Å². The van der Waals surface area contributed by atoms with Gasteiger partial charge in [-0.2, -0.15) is 0 Å². The van der Waals surface area contributed by atoms with Crippen LogP contribution in [0.5, 0.6) is 0 Å². The van der Waals surface area contributed by atoms with Gasteiger partial charge in [-0.25, -0.2) is 4.98 Å². The molecule has 0 fully saturated rings. The molecular formula is C11H16ClN3. The van der Waals surface area contributed by atoms with Gasteiger partial charge in [-0.1, -0.05) is 18.5 Å². The van der Waals surface area contributed by atoms with Gasteiger partial charge in [0.1, 0.15) is 5.82 Å². The van der Waals surface area contributed by atoms with Crippen molar-refractivity contribution < 1.29 is 0 Å². The summed E-state index contributed by atoms with van der Waals surface area (Å²) in [5.41, 5.74) is 2.21. The highest BCUT2D eigenvalue weighted by Gasteiger charge is 2.21. The molecule has 0 N–H and O–H groups in total. The van der Waals surface area contributed by atoms with Crippen molar-refractivity contribution >= 4 is 17.4 Å². The Bertz CT molecular complexity index is 378. The normalized spacial score (nSPS) is 16.7. The average Bonchev–Trinajstić information content (AvgIpc) is 2.19. The molecule has 1 aliphatic rings. The van der Waals surface area contributed by atoms with Gasteiger partial charge in [0.05, 0.1) is 11.7 Å². The molecule has 4 heteroatoms. The van der Waals surface area contributed by atoms with Gasteiger partial charge in [-0.05, 0) is 19.5 Å². The minimum atomic E-state index is 0.843. The number of pyridine rings is 1. The lowest BCUT2D eigenvalue weighted by Crippen LogP contribution is -2.38. The van der Waals surface area contributed by atoms with Crippen molar-refractivity contribution in [3.63, 3.8) is 0 Å². The Morgan fingerprint density at radius 3 is 2.87 bits per heavy atom. The summed E-state index contributed by atoms with van der Waals surface area (Å²) in [6.45, 7) is 3.89. The van der Waals surface area contributed by atoms with Crippen LogP contribution in [0.4, 0.5) is 5.82 Å². The van der Waals surface area contributed by atoms with Crippen LogP contribution >= 0.6 is 11.6 Å². The molecule has 2 rings (SSSR count). The summed E-state index contributed by atoms with van der Waals surface area (Å²) in [5, 5.41) is 0.843. The molecule has 0 spiro atoms. The number of nitrogens with zero attached hydrogens (tertiary/aromatic N) is 3. The second-order valence-electron chi connectivity index (χ2n) is 4.10. The van der Waals surface area contributed by atoms with Crippen LogP contribution in [0.15, 0.2) is 6.07 Å². The zero-order valence-corrected chi connectivity index (χ0v) is 10.2. The number of aromatic nitrogens is 1. The minimum Gasteiger partial charge on any atom is -0.346 e. The van der Waals surface area contributed by atoms with E-state index in [-0.39, 0.29) is 0 Å². The lowest BCUT2D eigenvalue weighted by atomic mass is 10.1. The van der Waals surface area contributed by atoms with E-state index in [2.05, 4.69) is 35.8 Å². The molecule has 0 radical (unpaired) electrons. The molecule has 0 saturated heterocycles. The van der Waals surface area contributed by atoms with Gasteiger partial charge in [-0.15, -0.1) is 0 Å². The van der Waals surface area contributed by atoms with Crippen molar-refractivity contribution in [3.05, 3.63) is 22.3 Å². The number of hydrogen-bond acceptors (Lipinski definition) is 3. The molecule has 82 valence electrons. The van der Waals surface area contributed by atoms with Crippen molar-refractivity contribution in [1.29, 1.82) is 0 Å². The van der Waals surface area contributed by atoms with E-state index in [0.717, 1.165) is 41.7 Å². The third kappa shape index (κ3) is 1.94. The highest BCUT2D eigenvalue weighted by molar-refractivity contribution is 6.31. The summed E-state index contributed by atoms with van der Waals surface area (Å²) in [5.74, 6) is 1.04. The Morgan fingerprint density at radius 2 is 2.20 bits per heavy atom. The van der Waals surface area contributed by atoms with E-state index >= 15 is 0 Å². The number of fused-ring (bicyclic) bond motifs is 1. The molecule has 0 aliphatic carbocycles. The minimum absolute atomic E-state index is 0.843. The number of anilines is 1. The molecule has 0 saturated carbocycles. The Balaban J connectivity index is 2.50. The quantitative estimate of drug-likeness (QED) is 0.730. The smallest absolute Gasteiger partial charge is 0.135 e. The molecule has 0 aromatic carbocycles. The van der Waals surface area contributed by atoms with Crippen LogP contribution in [-0.4, -0.2) is 30.6 Å². The zero-order chi connectivity index (χ0) is 11.0. The summed E-state index contributed by atoms with van der Waals surface area (Å²) in [7, 11) is 4.14. The fourth-order valence-corrected chi connectivity index (χ4v) is 2.24. The maximum absolute atomic E-state index is 6.26. The SMILES string of the molecule is CCc1cc(Cl)c2c(n1)N(C)CN(C)C2. The summed E-state index contributed by atoms with van der Waals surface area (Å²) in [4.78, 5) is 8.99. The summed E-state index contributed by atoms with van der Waals surface area (Å²) in [6.07, 6.45) is 0.927. The topological polar surface area (TPSA) is 19.4 Å². The van der Waals surface area contributed by atoms with Crippen LogP contribution < -0.4 is 4.90 Å². The van der Waals surface area contributed by atoms with E-state index in [9.17, 15) is 0 Å². The first-order chi connectivity index (χ1) is 7.11. The average molecular weight is 226 g/mol. The van der Waals surface area contributed by atoms with Gasteiger partial charge in [-0.3, -0.25) is 4.90 Å². The summed E-state index contributed by atoms with van der Waals surface area (Å²) < 4.78 is 0. The number of hydrogen-bond donors (Lipinski definition) is 0. The lowest BCUT2D eigenvalue weighted by molar-refractivity contribution is 0.314. The number of halogens is 1. The van der Waals surface area contributed by atoms with E-state index in [0.29, 0.717) is 0 Å². The Kier molecular flexibility index (Phi) is 2.85. The Hall–Kier alpha value is -0.800. The molecule has 1 aliphatic heterocycles. The maximum atomic E-state index is 6.26. The molecule has 2 heterocycles. The largest absolute Gasteiger partial charge is 0.346 e. The molecule has 0 unspecified atom stereocenters. The van der Waals surface area contributed by atoms with Crippen molar-refractivity contribution in [3.8, 4) is 0 Å². The van der Waals surface area contributed by atoms with E-state index in [1.54, 1.807) is 0 Å². The standard InChI is InChI=1S/C11H16ClN3/c1-4-8-5-10(12)9-6-14(2)7-15(3)11(9)13-8/h5H,4,6-7H2,1-3H3. The molecular weight excluding hydrogens is 210 g/mol. The van der Waals surface area contributed by atoms with Crippen molar-refractivity contribution in [2.45, 2.75) is 19.9 Å². The lowest BCUT2D eigenvalue weighted by Gasteiger charge is -2.33. The van der Waals surface area contributed by atoms with Crippen molar-refractivity contribution in [2.75, 3.05) is 25.7 Å². The molecule has 3 nitrogen and oxygen atoms in total. The fraction of sp³-hybridized carbons (Fsp3) is 0.545. The molecule has 1 aromatic heterocycles. The molecule has 0 bridgehead atoms.